The monoisotopic (exact) mass is 299 g/mol. The van der Waals surface area contributed by atoms with Crippen LogP contribution in [0.25, 0.3) is 0 Å². The third-order valence-corrected chi connectivity index (χ3v) is 5.48. The van der Waals surface area contributed by atoms with Crippen molar-refractivity contribution in [1.29, 1.82) is 0 Å². The molecule has 1 aromatic carbocycles. The number of benzene rings is 1. The predicted octanol–water partition coefficient (Wildman–Crippen LogP) is 3.00. The first kappa shape index (κ1) is 13.0. The van der Waals surface area contributed by atoms with E-state index in [4.69, 9.17) is 0 Å². The van der Waals surface area contributed by atoms with Gasteiger partial charge in [0.05, 0.1) is 0 Å². The minimum atomic E-state index is -0.0727. The molecule has 4 rings (SSSR count). The summed E-state index contributed by atoms with van der Waals surface area (Å²) in [5.41, 5.74) is 1.17. The third kappa shape index (κ3) is 2.35. The molecule has 21 heavy (non-hydrogen) atoms. The second-order valence-electron chi connectivity index (χ2n) is 5.80. The number of rotatable bonds is 4. The van der Waals surface area contributed by atoms with Crippen molar-refractivity contribution in [2.45, 2.75) is 29.8 Å². The van der Waals surface area contributed by atoms with Gasteiger partial charge in [-0.1, -0.05) is 54.2 Å². The van der Waals surface area contributed by atoms with Crippen LogP contribution < -0.4 is 5.69 Å². The van der Waals surface area contributed by atoms with Crippen LogP contribution in [0.2, 0.25) is 0 Å². The summed E-state index contributed by atoms with van der Waals surface area (Å²) in [7, 11) is 0. The highest BCUT2D eigenvalue weighted by Crippen LogP contribution is 2.46. The van der Waals surface area contributed by atoms with E-state index in [9.17, 15) is 4.79 Å². The van der Waals surface area contributed by atoms with Crippen LogP contribution in [0.4, 0.5) is 0 Å². The average molecular weight is 299 g/mol. The molecule has 1 saturated carbocycles. The van der Waals surface area contributed by atoms with Gasteiger partial charge in [-0.15, -0.1) is 5.10 Å². The molecule has 2 bridgehead atoms. The number of thioether (sulfide) groups is 1. The number of nitrogens with zero attached hydrogens (tertiary/aromatic N) is 2. The van der Waals surface area contributed by atoms with Crippen LogP contribution in [0.1, 0.15) is 24.4 Å². The number of aromatic amines is 1. The molecule has 2 aliphatic rings. The molecular weight excluding hydrogens is 282 g/mol. The summed E-state index contributed by atoms with van der Waals surface area (Å²) in [5.74, 6) is 1.98. The maximum Gasteiger partial charge on any atom is 0.344 e. The quantitative estimate of drug-likeness (QED) is 0.697. The first-order valence-corrected chi connectivity index (χ1v) is 8.32. The van der Waals surface area contributed by atoms with Gasteiger partial charge in [0.1, 0.15) is 0 Å². The number of allylic oxidation sites excluding steroid dienone is 2. The van der Waals surface area contributed by atoms with Crippen LogP contribution >= 0.6 is 11.8 Å². The molecule has 2 aliphatic carbocycles. The Morgan fingerprint density at radius 3 is 2.81 bits per heavy atom. The second kappa shape index (κ2) is 5.22. The first-order valence-electron chi connectivity index (χ1n) is 7.33. The Balaban J connectivity index is 1.57. The van der Waals surface area contributed by atoms with Gasteiger partial charge in [0.15, 0.2) is 5.16 Å². The minimum Gasteiger partial charge on any atom is -0.266 e. The van der Waals surface area contributed by atoms with Crippen molar-refractivity contribution < 1.29 is 0 Å². The number of aromatic nitrogens is 3. The van der Waals surface area contributed by atoms with Crippen LogP contribution in [0.3, 0.4) is 0 Å². The van der Waals surface area contributed by atoms with E-state index >= 15 is 0 Å². The summed E-state index contributed by atoms with van der Waals surface area (Å²) in [6, 6.07) is 10.6. The standard InChI is InChI=1S/C16H17N3OS/c20-15-17-18-16(21-10-11-4-2-1-3-5-11)19(15)14-9-12-6-7-13(14)8-12/h1-7,12-14H,8-10H2,(H,17,20)/t12-,13+,14-/m1/s1. The topological polar surface area (TPSA) is 50.7 Å². The van der Waals surface area contributed by atoms with Gasteiger partial charge >= 0.3 is 5.69 Å². The van der Waals surface area contributed by atoms with Crippen LogP contribution in [0, 0.1) is 11.8 Å². The summed E-state index contributed by atoms with van der Waals surface area (Å²) in [6.07, 6.45) is 6.82. The summed E-state index contributed by atoms with van der Waals surface area (Å²) in [5, 5.41) is 7.66. The molecule has 1 heterocycles. The molecule has 1 N–H and O–H groups in total. The van der Waals surface area contributed by atoms with E-state index < -0.39 is 0 Å². The summed E-state index contributed by atoms with van der Waals surface area (Å²) in [6.45, 7) is 0. The van der Waals surface area contributed by atoms with E-state index in [1.54, 1.807) is 11.8 Å². The van der Waals surface area contributed by atoms with Crippen molar-refractivity contribution in [1.82, 2.24) is 14.8 Å². The zero-order valence-electron chi connectivity index (χ0n) is 11.6. The van der Waals surface area contributed by atoms with Crippen molar-refractivity contribution in [3.05, 3.63) is 58.5 Å². The zero-order chi connectivity index (χ0) is 14.2. The minimum absolute atomic E-state index is 0.0727. The Morgan fingerprint density at radius 2 is 2.10 bits per heavy atom. The molecular formula is C16H17N3OS. The van der Waals surface area contributed by atoms with E-state index in [0.717, 1.165) is 17.3 Å². The maximum absolute atomic E-state index is 12.1. The normalized spacial score (nSPS) is 26.6. The van der Waals surface area contributed by atoms with E-state index in [-0.39, 0.29) is 11.7 Å². The SMILES string of the molecule is O=c1[nH]nc(SCc2ccccc2)n1[C@@H]1C[C@@H]2C=C[C@H]1C2. The Morgan fingerprint density at radius 1 is 1.24 bits per heavy atom. The number of nitrogens with one attached hydrogen (secondary N) is 1. The lowest BCUT2D eigenvalue weighted by Gasteiger charge is -2.20. The molecule has 2 aromatic rings. The maximum atomic E-state index is 12.1. The van der Waals surface area contributed by atoms with Gasteiger partial charge in [0.25, 0.3) is 0 Å². The fourth-order valence-corrected chi connectivity index (χ4v) is 4.41. The van der Waals surface area contributed by atoms with Crippen molar-refractivity contribution in [3.8, 4) is 0 Å². The summed E-state index contributed by atoms with van der Waals surface area (Å²) < 4.78 is 1.88. The highest BCUT2D eigenvalue weighted by atomic mass is 32.2. The second-order valence-corrected chi connectivity index (χ2v) is 6.75. The fraction of sp³-hybridized carbons (Fsp3) is 0.375. The number of hydrogen-bond donors (Lipinski definition) is 1. The van der Waals surface area contributed by atoms with Crippen LogP contribution in [0.5, 0.6) is 0 Å². The lowest BCUT2D eigenvalue weighted by Crippen LogP contribution is -2.25. The predicted molar refractivity (Wildman–Crippen MR) is 83.2 cm³/mol. The summed E-state index contributed by atoms with van der Waals surface area (Å²) in [4.78, 5) is 12.1. The molecule has 0 saturated heterocycles. The highest BCUT2D eigenvalue weighted by molar-refractivity contribution is 7.98. The van der Waals surface area contributed by atoms with Crippen molar-refractivity contribution in [2.24, 2.45) is 11.8 Å². The molecule has 0 spiro atoms. The molecule has 3 atom stereocenters. The molecule has 1 aromatic heterocycles. The molecule has 5 heteroatoms. The molecule has 0 radical (unpaired) electrons. The van der Waals surface area contributed by atoms with Gasteiger partial charge in [-0.2, -0.15) is 0 Å². The number of H-pyrrole nitrogens is 1. The van der Waals surface area contributed by atoms with Crippen LogP contribution in [0.15, 0.2) is 52.4 Å². The largest absolute Gasteiger partial charge is 0.344 e. The number of fused-ring (bicyclic) bond motifs is 2. The molecule has 0 amide bonds. The van der Waals surface area contributed by atoms with E-state index in [0.29, 0.717) is 11.8 Å². The van der Waals surface area contributed by atoms with E-state index in [1.807, 2.05) is 22.8 Å². The van der Waals surface area contributed by atoms with Crippen molar-refractivity contribution >= 4 is 11.8 Å². The van der Waals surface area contributed by atoms with Crippen LogP contribution in [-0.4, -0.2) is 14.8 Å². The smallest absolute Gasteiger partial charge is 0.266 e. The zero-order valence-corrected chi connectivity index (χ0v) is 12.4. The van der Waals surface area contributed by atoms with E-state index in [1.165, 1.54) is 12.0 Å². The van der Waals surface area contributed by atoms with Crippen molar-refractivity contribution in [2.75, 3.05) is 0 Å². The lowest BCUT2D eigenvalue weighted by atomic mass is 10.0. The third-order valence-electron chi connectivity index (χ3n) is 4.46. The average Bonchev–Trinajstić information content (AvgIpc) is 3.21. The van der Waals surface area contributed by atoms with Gasteiger partial charge in [-0.3, -0.25) is 4.57 Å². The Kier molecular flexibility index (Phi) is 3.22. The Hall–Kier alpha value is -1.75. The molecule has 4 nitrogen and oxygen atoms in total. The first-order chi connectivity index (χ1) is 10.3. The number of hydrogen-bond acceptors (Lipinski definition) is 3. The van der Waals surface area contributed by atoms with Crippen LogP contribution in [-0.2, 0) is 5.75 Å². The van der Waals surface area contributed by atoms with Gasteiger partial charge in [0.2, 0.25) is 0 Å². The van der Waals surface area contributed by atoms with Gasteiger partial charge in [-0.05, 0) is 30.2 Å². The molecule has 108 valence electrons. The Bertz CT molecular complexity index is 719. The van der Waals surface area contributed by atoms with Gasteiger partial charge in [0, 0.05) is 11.8 Å². The van der Waals surface area contributed by atoms with Gasteiger partial charge in [-0.25, -0.2) is 9.89 Å². The fourth-order valence-electron chi connectivity index (χ4n) is 3.46. The van der Waals surface area contributed by atoms with E-state index in [2.05, 4.69) is 34.5 Å². The van der Waals surface area contributed by atoms with Gasteiger partial charge < -0.3 is 0 Å². The molecule has 0 aliphatic heterocycles. The molecule has 0 unspecified atom stereocenters. The molecule has 1 fully saturated rings. The lowest BCUT2D eigenvalue weighted by molar-refractivity contribution is 0.396. The van der Waals surface area contributed by atoms with Crippen molar-refractivity contribution in [3.63, 3.8) is 0 Å². The Labute approximate surface area is 127 Å². The highest BCUT2D eigenvalue weighted by Gasteiger charge is 2.38. The summed E-state index contributed by atoms with van der Waals surface area (Å²) >= 11 is 1.63.